The third-order valence-corrected chi connectivity index (χ3v) is 13.3. The monoisotopic (exact) mass is 680 g/mol. The highest BCUT2D eigenvalue weighted by Crippen LogP contribution is 2.71. The van der Waals surface area contributed by atoms with E-state index in [0.29, 0.717) is 0 Å². The second kappa shape index (κ2) is 13.2. The van der Waals surface area contributed by atoms with Crippen molar-refractivity contribution in [1.29, 1.82) is 0 Å². The van der Waals surface area contributed by atoms with Crippen molar-refractivity contribution in [2.75, 3.05) is 0 Å². The normalized spacial score (nSPS) is 28.1. The second-order valence-corrected chi connectivity index (χ2v) is 15.7. The summed E-state index contributed by atoms with van der Waals surface area (Å²) in [6.45, 7) is 0. The molecule has 5 aromatic carbocycles. The quantitative estimate of drug-likeness (QED) is 0.175. The van der Waals surface area contributed by atoms with Crippen LogP contribution in [0.3, 0.4) is 0 Å². The number of rotatable bonds is 6. The number of hydrogen-bond donors (Lipinski definition) is 2. The average molecular weight is 681 g/mol. The van der Waals surface area contributed by atoms with Gasteiger partial charge in [-0.3, -0.25) is 0 Å². The van der Waals surface area contributed by atoms with Crippen LogP contribution >= 0.6 is 0 Å². The van der Waals surface area contributed by atoms with Crippen LogP contribution < -0.4 is 0 Å². The summed E-state index contributed by atoms with van der Waals surface area (Å²) in [5, 5.41) is 25.5. The van der Waals surface area contributed by atoms with Gasteiger partial charge in [0.05, 0.1) is 5.76 Å². The summed E-state index contributed by atoms with van der Waals surface area (Å²) in [4.78, 5) is 0. The predicted molar refractivity (Wildman–Crippen MR) is 214 cm³/mol. The molecule has 52 heavy (non-hydrogen) atoms. The van der Waals surface area contributed by atoms with Gasteiger partial charge < -0.3 is 10.2 Å². The molecule has 4 aliphatic rings. The largest absolute Gasteiger partial charge is 0.512 e. The first-order chi connectivity index (χ1) is 25.5. The molecule has 2 nitrogen and oxygen atoms in total. The third kappa shape index (κ3) is 5.02. The summed E-state index contributed by atoms with van der Waals surface area (Å²) >= 11 is 0. The molecule has 0 saturated carbocycles. The molecule has 0 aromatic heterocycles. The summed E-state index contributed by atoms with van der Waals surface area (Å²) in [5.74, 6) is 0.501. The number of allylic oxidation sites excluding steroid dienone is 2. The molecule has 0 radical (unpaired) electrons. The van der Waals surface area contributed by atoms with Gasteiger partial charge >= 0.3 is 0 Å². The van der Waals surface area contributed by atoms with E-state index in [-0.39, 0.29) is 24.0 Å². The Balaban J connectivity index is 1.45. The lowest BCUT2D eigenvalue weighted by molar-refractivity contribution is -0.0790. The van der Waals surface area contributed by atoms with Crippen molar-refractivity contribution in [2.24, 2.45) is 0 Å². The van der Waals surface area contributed by atoms with Crippen molar-refractivity contribution in [3.05, 3.63) is 201 Å². The average Bonchev–Trinajstić information content (AvgIpc) is 3.19. The SMILES string of the molecule is OC1=CC=CC(O)(C2(c3ccccc3C=Cc3ccccc3)CCc3ccccc3C2(C2CCCc3ccccc32)C2CCCc3ccccc32)C1. The van der Waals surface area contributed by atoms with Crippen LogP contribution in [0.1, 0.15) is 100 Å². The molecule has 260 valence electrons. The first-order valence-corrected chi connectivity index (χ1v) is 19.4. The number of fused-ring (bicyclic) bond motifs is 3. The van der Waals surface area contributed by atoms with Gasteiger partial charge in [0.2, 0.25) is 0 Å². The fraction of sp³-hybridized carbons (Fsp3) is 0.280. The maximum absolute atomic E-state index is 14.0. The minimum Gasteiger partial charge on any atom is -0.512 e. The van der Waals surface area contributed by atoms with E-state index in [2.05, 4.69) is 146 Å². The molecule has 0 amide bonds. The molecule has 4 atom stereocenters. The van der Waals surface area contributed by atoms with Gasteiger partial charge in [-0.25, -0.2) is 0 Å². The van der Waals surface area contributed by atoms with E-state index in [0.717, 1.165) is 62.5 Å². The molecule has 2 heteroatoms. The third-order valence-electron chi connectivity index (χ3n) is 13.3. The number of hydrogen-bond acceptors (Lipinski definition) is 2. The molecular formula is C50H48O2. The van der Waals surface area contributed by atoms with Crippen LogP contribution in [0.15, 0.2) is 151 Å². The Morgan fingerprint density at radius 2 is 1.15 bits per heavy atom. The molecule has 0 fully saturated rings. The maximum atomic E-state index is 14.0. The van der Waals surface area contributed by atoms with Crippen molar-refractivity contribution in [2.45, 2.75) is 86.1 Å². The summed E-state index contributed by atoms with van der Waals surface area (Å²) in [7, 11) is 0. The number of aliphatic hydroxyl groups is 2. The molecule has 0 spiro atoms. The second-order valence-electron chi connectivity index (χ2n) is 15.7. The molecule has 5 aromatic rings. The maximum Gasteiger partial charge on any atom is 0.101 e. The van der Waals surface area contributed by atoms with E-state index < -0.39 is 16.4 Å². The fourth-order valence-corrected chi connectivity index (χ4v) is 11.5. The van der Waals surface area contributed by atoms with Gasteiger partial charge in [-0.2, -0.15) is 0 Å². The lowest BCUT2D eigenvalue weighted by atomic mass is 9.35. The Bertz CT molecular complexity index is 2130. The number of aliphatic hydroxyl groups excluding tert-OH is 1. The number of benzene rings is 5. The fourth-order valence-electron chi connectivity index (χ4n) is 11.5. The van der Waals surface area contributed by atoms with Gasteiger partial charge in [-0.05, 0) is 119 Å². The summed E-state index contributed by atoms with van der Waals surface area (Å²) in [5.41, 5.74) is 9.17. The van der Waals surface area contributed by atoms with Gasteiger partial charge in [-0.15, -0.1) is 0 Å². The first kappa shape index (κ1) is 33.0. The van der Waals surface area contributed by atoms with Crippen LogP contribution in [0, 0.1) is 0 Å². The standard InChI is InChI=1S/C50H48O2/c51-41-23-14-33-48(52,35-41)49(44-26-10-6-19-39(44)31-30-36-15-2-1-3-16-36)34-32-40-20-7-11-27-45(40)50(49,46-28-12-21-37-17-4-8-24-42(37)46)47-29-13-22-38-18-5-9-25-43(38)47/h1-11,14-20,23-27,30-31,33,46-47,51-52H,12-13,21-22,28-29,32,34-35H2. The zero-order chi connectivity index (χ0) is 35.2. The highest BCUT2D eigenvalue weighted by Gasteiger charge is 2.70. The van der Waals surface area contributed by atoms with Crippen LogP contribution in [0.25, 0.3) is 12.2 Å². The van der Waals surface area contributed by atoms with Crippen molar-refractivity contribution < 1.29 is 10.2 Å². The summed E-state index contributed by atoms with van der Waals surface area (Å²) in [6, 6.07) is 47.0. The molecule has 2 N–H and O–H groups in total. The number of aryl methyl sites for hydroxylation is 3. The minimum absolute atomic E-state index is 0.131. The zero-order valence-electron chi connectivity index (χ0n) is 29.9. The summed E-state index contributed by atoms with van der Waals surface area (Å²) < 4.78 is 0. The van der Waals surface area contributed by atoms with Crippen molar-refractivity contribution in [1.82, 2.24) is 0 Å². The van der Waals surface area contributed by atoms with Gasteiger partial charge in [0.1, 0.15) is 5.60 Å². The molecule has 0 bridgehead atoms. The zero-order valence-corrected chi connectivity index (χ0v) is 29.9. The van der Waals surface area contributed by atoms with Gasteiger partial charge in [0, 0.05) is 17.3 Å². The minimum atomic E-state index is -1.38. The first-order valence-electron chi connectivity index (χ1n) is 19.4. The van der Waals surface area contributed by atoms with Crippen LogP contribution in [0.4, 0.5) is 0 Å². The van der Waals surface area contributed by atoms with E-state index in [1.165, 1.54) is 38.9 Å². The van der Waals surface area contributed by atoms with Crippen LogP contribution in [0.2, 0.25) is 0 Å². The molecule has 0 heterocycles. The van der Waals surface area contributed by atoms with E-state index in [4.69, 9.17) is 0 Å². The van der Waals surface area contributed by atoms with E-state index >= 15 is 0 Å². The molecule has 4 aliphatic carbocycles. The van der Waals surface area contributed by atoms with Crippen LogP contribution in [0.5, 0.6) is 0 Å². The lowest BCUT2D eigenvalue weighted by Crippen LogP contribution is -2.69. The van der Waals surface area contributed by atoms with Crippen molar-refractivity contribution in [3.63, 3.8) is 0 Å². The molecular weight excluding hydrogens is 633 g/mol. The predicted octanol–water partition coefficient (Wildman–Crippen LogP) is 11.4. The van der Waals surface area contributed by atoms with Crippen LogP contribution in [-0.4, -0.2) is 15.8 Å². The van der Waals surface area contributed by atoms with Crippen LogP contribution in [-0.2, 0) is 30.1 Å². The Morgan fingerprint density at radius 1 is 0.577 bits per heavy atom. The molecule has 4 unspecified atom stereocenters. The molecule has 0 saturated heterocycles. The molecule has 0 aliphatic heterocycles. The summed E-state index contributed by atoms with van der Waals surface area (Å²) in [6.07, 6.45) is 18.4. The Morgan fingerprint density at radius 3 is 1.83 bits per heavy atom. The smallest absolute Gasteiger partial charge is 0.101 e. The highest BCUT2D eigenvalue weighted by molar-refractivity contribution is 5.73. The Hall–Kier alpha value is -4.92. The van der Waals surface area contributed by atoms with E-state index in [9.17, 15) is 10.2 Å². The topological polar surface area (TPSA) is 40.5 Å². The van der Waals surface area contributed by atoms with Crippen molar-refractivity contribution in [3.8, 4) is 0 Å². The lowest BCUT2D eigenvalue weighted by Gasteiger charge is -2.67. The highest BCUT2D eigenvalue weighted by atomic mass is 16.3. The molecule has 9 rings (SSSR count). The van der Waals surface area contributed by atoms with Gasteiger partial charge in [0.15, 0.2) is 0 Å². The Labute approximate surface area is 308 Å². The van der Waals surface area contributed by atoms with Gasteiger partial charge in [0.25, 0.3) is 0 Å². The van der Waals surface area contributed by atoms with Gasteiger partial charge in [-0.1, -0.05) is 152 Å². The van der Waals surface area contributed by atoms with Crippen molar-refractivity contribution >= 4 is 12.2 Å². The van der Waals surface area contributed by atoms with E-state index in [1.807, 2.05) is 6.08 Å². The van der Waals surface area contributed by atoms with E-state index in [1.54, 1.807) is 6.08 Å². The Kier molecular flexibility index (Phi) is 8.39.